The summed E-state index contributed by atoms with van der Waals surface area (Å²) in [4.78, 5) is 15.8. The second-order valence-electron chi connectivity index (χ2n) is 3.32. The van der Waals surface area contributed by atoms with Gasteiger partial charge in [0.25, 0.3) is 0 Å². The van der Waals surface area contributed by atoms with Gasteiger partial charge in [0.2, 0.25) is 5.78 Å². The average molecular weight is 239 g/mol. The fraction of sp³-hybridized carbons (Fsp3) is 0.0909. The van der Waals surface area contributed by atoms with E-state index in [0.29, 0.717) is 0 Å². The van der Waals surface area contributed by atoms with E-state index in [-0.39, 0.29) is 22.2 Å². The Morgan fingerprint density at radius 1 is 1.50 bits per heavy atom. The number of hydrogen-bond donors (Lipinski definition) is 0. The van der Waals surface area contributed by atoms with E-state index < -0.39 is 5.82 Å². The van der Waals surface area contributed by atoms with Crippen LogP contribution in [0, 0.1) is 5.82 Å². The van der Waals surface area contributed by atoms with Crippen molar-refractivity contribution in [2.75, 3.05) is 0 Å². The molecule has 0 aliphatic carbocycles. The van der Waals surface area contributed by atoms with Gasteiger partial charge in [0, 0.05) is 25.0 Å². The molecule has 3 nitrogen and oxygen atoms in total. The summed E-state index contributed by atoms with van der Waals surface area (Å²) >= 11 is 5.53. The lowest BCUT2D eigenvalue weighted by Crippen LogP contribution is -2.08. The fourth-order valence-corrected chi connectivity index (χ4v) is 1.47. The third-order valence-electron chi connectivity index (χ3n) is 2.21. The maximum atomic E-state index is 13.2. The molecule has 16 heavy (non-hydrogen) atoms. The van der Waals surface area contributed by atoms with Crippen LogP contribution in [0.25, 0.3) is 0 Å². The van der Waals surface area contributed by atoms with E-state index in [4.69, 9.17) is 11.6 Å². The molecular weight excluding hydrogens is 231 g/mol. The number of aromatic nitrogens is 2. The number of carbonyl (C=O) groups is 1. The summed E-state index contributed by atoms with van der Waals surface area (Å²) in [5.74, 6) is -0.675. The molecule has 0 fully saturated rings. The molecule has 2 aromatic rings. The summed E-state index contributed by atoms with van der Waals surface area (Å²) < 4.78 is 14.7. The standard InChI is InChI=1S/C11H8ClFN2O/c1-15-5-4-14-11(15)10(16)7-2-3-8(12)9(13)6-7/h2-6H,1H3. The van der Waals surface area contributed by atoms with Gasteiger partial charge in [-0.05, 0) is 18.2 Å². The van der Waals surface area contributed by atoms with E-state index in [1.54, 1.807) is 17.8 Å². The van der Waals surface area contributed by atoms with E-state index in [1.165, 1.54) is 18.3 Å². The number of halogens is 2. The second-order valence-corrected chi connectivity index (χ2v) is 3.73. The van der Waals surface area contributed by atoms with E-state index in [2.05, 4.69) is 4.98 Å². The Balaban J connectivity index is 2.42. The number of carbonyl (C=O) groups excluding carboxylic acids is 1. The van der Waals surface area contributed by atoms with Gasteiger partial charge < -0.3 is 4.57 Å². The van der Waals surface area contributed by atoms with Gasteiger partial charge >= 0.3 is 0 Å². The van der Waals surface area contributed by atoms with Gasteiger partial charge in [-0.3, -0.25) is 4.79 Å². The fourth-order valence-electron chi connectivity index (χ4n) is 1.35. The summed E-state index contributed by atoms with van der Waals surface area (Å²) in [5.41, 5.74) is 0.233. The molecule has 82 valence electrons. The van der Waals surface area contributed by atoms with Gasteiger partial charge in [0.05, 0.1) is 5.02 Å². The molecule has 1 aromatic heterocycles. The van der Waals surface area contributed by atoms with Crippen molar-refractivity contribution in [1.29, 1.82) is 0 Å². The highest BCUT2D eigenvalue weighted by Crippen LogP contribution is 2.17. The molecule has 0 atom stereocenters. The zero-order valence-corrected chi connectivity index (χ0v) is 9.20. The SMILES string of the molecule is Cn1ccnc1C(=O)c1ccc(Cl)c(F)c1. The van der Waals surface area contributed by atoms with E-state index in [9.17, 15) is 9.18 Å². The van der Waals surface area contributed by atoms with Crippen molar-refractivity contribution in [3.8, 4) is 0 Å². The monoisotopic (exact) mass is 238 g/mol. The Hall–Kier alpha value is -1.68. The number of rotatable bonds is 2. The molecule has 0 saturated heterocycles. The Bertz CT molecular complexity index is 551. The summed E-state index contributed by atoms with van der Waals surface area (Å²) in [7, 11) is 1.70. The zero-order valence-electron chi connectivity index (χ0n) is 8.45. The van der Waals surface area contributed by atoms with Crippen LogP contribution in [0.3, 0.4) is 0 Å². The topological polar surface area (TPSA) is 34.9 Å². The molecule has 0 bridgehead atoms. The number of imidazole rings is 1. The molecule has 0 saturated carbocycles. The predicted molar refractivity (Wildman–Crippen MR) is 58.1 cm³/mol. The largest absolute Gasteiger partial charge is 0.331 e. The second kappa shape index (κ2) is 4.06. The molecule has 0 amide bonds. The molecule has 0 spiro atoms. The van der Waals surface area contributed by atoms with Gasteiger partial charge in [-0.1, -0.05) is 11.6 Å². The van der Waals surface area contributed by atoms with Crippen LogP contribution >= 0.6 is 11.6 Å². The smallest absolute Gasteiger partial charge is 0.228 e. The first-order valence-corrected chi connectivity index (χ1v) is 4.94. The van der Waals surface area contributed by atoms with E-state index >= 15 is 0 Å². The number of aryl methyl sites for hydroxylation is 1. The normalized spacial score (nSPS) is 10.4. The minimum atomic E-state index is -0.610. The average Bonchev–Trinajstić information content (AvgIpc) is 2.67. The van der Waals surface area contributed by atoms with Crippen LogP contribution in [0.2, 0.25) is 5.02 Å². The third kappa shape index (κ3) is 1.84. The maximum absolute atomic E-state index is 13.2. The minimum absolute atomic E-state index is 0.00334. The molecule has 1 heterocycles. The Morgan fingerprint density at radius 3 is 2.81 bits per heavy atom. The molecular formula is C11H8ClFN2O. The molecule has 1 aromatic carbocycles. The minimum Gasteiger partial charge on any atom is -0.331 e. The predicted octanol–water partition coefficient (Wildman–Crippen LogP) is 2.44. The molecule has 5 heteroatoms. The van der Waals surface area contributed by atoms with Crippen LogP contribution in [0.1, 0.15) is 16.2 Å². The van der Waals surface area contributed by atoms with Gasteiger partial charge in [-0.25, -0.2) is 9.37 Å². The van der Waals surface area contributed by atoms with Crippen LogP contribution in [0.5, 0.6) is 0 Å². The summed E-state index contributed by atoms with van der Waals surface area (Å²) in [6.45, 7) is 0. The van der Waals surface area contributed by atoms with Gasteiger partial charge in [-0.15, -0.1) is 0 Å². The zero-order chi connectivity index (χ0) is 11.7. The van der Waals surface area contributed by atoms with Crippen LogP contribution in [-0.2, 0) is 7.05 Å². The third-order valence-corrected chi connectivity index (χ3v) is 2.51. The summed E-state index contributed by atoms with van der Waals surface area (Å²) in [6.07, 6.45) is 3.17. The number of benzene rings is 1. The van der Waals surface area contributed by atoms with Crippen molar-refractivity contribution in [2.45, 2.75) is 0 Å². The van der Waals surface area contributed by atoms with Gasteiger partial charge in [-0.2, -0.15) is 0 Å². The van der Waals surface area contributed by atoms with E-state index in [0.717, 1.165) is 6.07 Å². The number of hydrogen-bond acceptors (Lipinski definition) is 2. The molecule has 0 N–H and O–H groups in total. The van der Waals surface area contributed by atoms with Crippen molar-refractivity contribution in [3.63, 3.8) is 0 Å². The Labute approximate surface area is 96.5 Å². The lowest BCUT2D eigenvalue weighted by Gasteiger charge is -2.02. The number of nitrogens with zero attached hydrogens (tertiary/aromatic N) is 2. The van der Waals surface area contributed by atoms with Gasteiger partial charge in [0.15, 0.2) is 5.82 Å². The van der Waals surface area contributed by atoms with Crippen LogP contribution < -0.4 is 0 Å². The summed E-state index contributed by atoms with van der Waals surface area (Å²) in [5, 5.41) is -0.00334. The van der Waals surface area contributed by atoms with Gasteiger partial charge in [0.1, 0.15) is 5.82 Å². The van der Waals surface area contributed by atoms with Crippen LogP contribution in [0.15, 0.2) is 30.6 Å². The van der Waals surface area contributed by atoms with Crippen molar-refractivity contribution >= 4 is 17.4 Å². The quantitative estimate of drug-likeness (QED) is 0.754. The Morgan fingerprint density at radius 2 is 2.25 bits per heavy atom. The Kier molecular flexibility index (Phi) is 2.75. The first-order chi connectivity index (χ1) is 7.59. The molecule has 0 unspecified atom stereocenters. The molecule has 0 radical (unpaired) electrons. The highest BCUT2D eigenvalue weighted by atomic mass is 35.5. The first kappa shape index (κ1) is 10.8. The lowest BCUT2D eigenvalue weighted by molar-refractivity contribution is 0.102. The highest BCUT2D eigenvalue weighted by molar-refractivity contribution is 6.30. The first-order valence-electron chi connectivity index (χ1n) is 4.56. The van der Waals surface area contributed by atoms with E-state index in [1.807, 2.05) is 0 Å². The van der Waals surface area contributed by atoms with Crippen LogP contribution in [0.4, 0.5) is 4.39 Å². The van der Waals surface area contributed by atoms with Crippen LogP contribution in [-0.4, -0.2) is 15.3 Å². The number of ketones is 1. The van der Waals surface area contributed by atoms with Crippen molar-refractivity contribution in [1.82, 2.24) is 9.55 Å². The summed E-state index contributed by atoms with van der Waals surface area (Å²) in [6, 6.07) is 3.94. The maximum Gasteiger partial charge on any atom is 0.228 e. The molecule has 0 aliphatic rings. The highest BCUT2D eigenvalue weighted by Gasteiger charge is 2.14. The van der Waals surface area contributed by atoms with Crippen molar-refractivity contribution in [2.24, 2.45) is 7.05 Å². The van der Waals surface area contributed by atoms with Crippen molar-refractivity contribution in [3.05, 3.63) is 52.8 Å². The molecule has 0 aliphatic heterocycles. The van der Waals surface area contributed by atoms with Crippen molar-refractivity contribution < 1.29 is 9.18 Å². The lowest BCUT2D eigenvalue weighted by atomic mass is 10.1. The molecule has 2 rings (SSSR count).